The van der Waals surface area contributed by atoms with Gasteiger partial charge in [0.05, 0.1) is 23.9 Å². The molecule has 1 amide bonds. The number of alkyl halides is 3. The molecule has 2 aromatic heterocycles. The molecule has 2 aliphatic rings. The van der Waals surface area contributed by atoms with Crippen molar-refractivity contribution in [1.82, 2.24) is 25.4 Å². The number of aromatic nitrogens is 3. The molecule has 0 saturated carbocycles. The maximum absolute atomic E-state index is 12.8. The van der Waals surface area contributed by atoms with Crippen molar-refractivity contribution in [1.29, 1.82) is 0 Å². The number of anilines is 1. The SMILES string of the molecule is O=C1Cc2ccc(-c3[nH]ncc3CN3CCCN(c4ccc(C(F)(F)F)cn4)CC3)cc2CN1. The van der Waals surface area contributed by atoms with E-state index in [0.717, 1.165) is 66.3 Å². The number of rotatable bonds is 4. The topological polar surface area (TPSA) is 77.2 Å². The minimum atomic E-state index is -4.38. The number of hydrogen-bond donors (Lipinski definition) is 2. The van der Waals surface area contributed by atoms with Crippen molar-refractivity contribution < 1.29 is 18.0 Å². The fourth-order valence-electron chi connectivity index (χ4n) is 4.57. The number of carbonyl (C=O) groups excluding carboxylic acids is 1. The fraction of sp³-hybridized carbons (Fsp3) is 0.375. The predicted molar refractivity (Wildman–Crippen MR) is 121 cm³/mol. The third-order valence-electron chi connectivity index (χ3n) is 6.42. The average molecular weight is 470 g/mol. The molecule has 3 aromatic rings. The monoisotopic (exact) mass is 470 g/mol. The van der Waals surface area contributed by atoms with Crippen molar-refractivity contribution in [3.05, 3.63) is 65.0 Å². The number of amides is 1. The number of benzene rings is 1. The summed E-state index contributed by atoms with van der Waals surface area (Å²) in [7, 11) is 0. The van der Waals surface area contributed by atoms with Crippen LogP contribution < -0.4 is 10.2 Å². The van der Waals surface area contributed by atoms with Gasteiger partial charge in [-0.25, -0.2) is 4.98 Å². The van der Waals surface area contributed by atoms with Crippen LogP contribution in [0.25, 0.3) is 11.3 Å². The Labute approximate surface area is 195 Å². The van der Waals surface area contributed by atoms with Gasteiger partial charge >= 0.3 is 6.18 Å². The summed E-state index contributed by atoms with van der Waals surface area (Å²) in [6.45, 7) is 4.31. The van der Waals surface area contributed by atoms with Crippen LogP contribution in [0.1, 0.15) is 28.7 Å². The molecule has 0 aliphatic carbocycles. The summed E-state index contributed by atoms with van der Waals surface area (Å²) in [5.74, 6) is 0.615. The van der Waals surface area contributed by atoms with Gasteiger partial charge in [-0.1, -0.05) is 12.1 Å². The number of pyridine rings is 1. The fourth-order valence-corrected chi connectivity index (χ4v) is 4.57. The van der Waals surface area contributed by atoms with Crippen LogP contribution in [0, 0.1) is 0 Å². The van der Waals surface area contributed by atoms with Gasteiger partial charge in [0.1, 0.15) is 5.82 Å². The third-order valence-corrected chi connectivity index (χ3v) is 6.42. The van der Waals surface area contributed by atoms with Crippen LogP contribution in [0.3, 0.4) is 0 Å². The molecule has 178 valence electrons. The van der Waals surface area contributed by atoms with Crippen LogP contribution in [0.5, 0.6) is 0 Å². The maximum Gasteiger partial charge on any atom is 0.417 e. The Hall–Kier alpha value is -3.40. The zero-order valence-electron chi connectivity index (χ0n) is 18.5. The first kappa shape index (κ1) is 22.4. The van der Waals surface area contributed by atoms with Crippen molar-refractivity contribution in [3.63, 3.8) is 0 Å². The number of halogens is 3. The molecule has 1 aromatic carbocycles. The van der Waals surface area contributed by atoms with Gasteiger partial charge in [-0.2, -0.15) is 18.3 Å². The first-order chi connectivity index (χ1) is 16.4. The van der Waals surface area contributed by atoms with Gasteiger partial charge in [-0.05, 0) is 35.7 Å². The molecule has 4 heterocycles. The Morgan fingerprint density at radius 1 is 1.00 bits per heavy atom. The molecule has 10 heteroatoms. The summed E-state index contributed by atoms with van der Waals surface area (Å²) in [5.41, 5.74) is 4.52. The van der Waals surface area contributed by atoms with Crippen LogP contribution in [-0.2, 0) is 30.5 Å². The number of nitrogens with one attached hydrogen (secondary N) is 2. The third kappa shape index (κ3) is 4.77. The van der Waals surface area contributed by atoms with Gasteiger partial charge in [-0.15, -0.1) is 0 Å². The minimum absolute atomic E-state index is 0.0455. The predicted octanol–water partition coefficient (Wildman–Crippen LogP) is 3.38. The molecule has 2 aliphatic heterocycles. The summed E-state index contributed by atoms with van der Waals surface area (Å²) in [4.78, 5) is 20.0. The summed E-state index contributed by atoms with van der Waals surface area (Å²) >= 11 is 0. The summed E-state index contributed by atoms with van der Waals surface area (Å²) < 4.78 is 38.5. The average Bonchev–Trinajstić information content (AvgIpc) is 3.15. The Morgan fingerprint density at radius 2 is 1.88 bits per heavy atom. The second-order valence-corrected chi connectivity index (χ2v) is 8.73. The van der Waals surface area contributed by atoms with Crippen molar-refractivity contribution in [2.24, 2.45) is 0 Å². The van der Waals surface area contributed by atoms with Crippen molar-refractivity contribution >= 4 is 11.7 Å². The minimum Gasteiger partial charge on any atom is -0.355 e. The van der Waals surface area contributed by atoms with E-state index in [1.807, 2.05) is 23.2 Å². The zero-order valence-corrected chi connectivity index (χ0v) is 18.5. The van der Waals surface area contributed by atoms with Gasteiger partial charge in [0.2, 0.25) is 5.91 Å². The highest BCUT2D eigenvalue weighted by molar-refractivity contribution is 5.81. The molecule has 0 radical (unpaired) electrons. The van der Waals surface area contributed by atoms with E-state index in [-0.39, 0.29) is 5.91 Å². The lowest BCUT2D eigenvalue weighted by molar-refractivity contribution is -0.137. The molecule has 0 bridgehead atoms. The number of aromatic amines is 1. The van der Waals surface area contributed by atoms with E-state index in [1.54, 1.807) is 0 Å². The highest BCUT2D eigenvalue weighted by atomic mass is 19.4. The maximum atomic E-state index is 12.8. The number of H-pyrrole nitrogens is 1. The molecule has 2 N–H and O–H groups in total. The van der Waals surface area contributed by atoms with Crippen LogP contribution in [-0.4, -0.2) is 52.2 Å². The number of fused-ring (bicyclic) bond motifs is 1. The molecule has 5 rings (SSSR count). The molecule has 34 heavy (non-hydrogen) atoms. The largest absolute Gasteiger partial charge is 0.417 e. The van der Waals surface area contributed by atoms with Crippen molar-refractivity contribution in [2.75, 3.05) is 31.1 Å². The van der Waals surface area contributed by atoms with E-state index in [0.29, 0.717) is 31.9 Å². The number of hydrogen-bond acceptors (Lipinski definition) is 5. The molecule has 1 saturated heterocycles. The van der Waals surface area contributed by atoms with E-state index < -0.39 is 11.7 Å². The first-order valence-electron chi connectivity index (χ1n) is 11.3. The smallest absolute Gasteiger partial charge is 0.355 e. The molecule has 0 atom stereocenters. The molecule has 7 nitrogen and oxygen atoms in total. The Morgan fingerprint density at radius 3 is 2.68 bits per heavy atom. The Balaban J connectivity index is 1.25. The summed E-state index contributed by atoms with van der Waals surface area (Å²) in [5, 5.41) is 10.3. The summed E-state index contributed by atoms with van der Waals surface area (Å²) in [6, 6.07) is 8.67. The molecular formula is C24H25F3N6O. The molecule has 0 spiro atoms. The van der Waals surface area contributed by atoms with Crippen LogP contribution in [0.2, 0.25) is 0 Å². The van der Waals surface area contributed by atoms with Crippen molar-refractivity contribution in [3.8, 4) is 11.3 Å². The van der Waals surface area contributed by atoms with Crippen molar-refractivity contribution in [2.45, 2.75) is 32.1 Å². The quantitative estimate of drug-likeness (QED) is 0.612. The van der Waals surface area contributed by atoms with E-state index >= 15 is 0 Å². The molecule has 1 fully saturated rings. The van der Waals surface area contributed by atoms with Gasteiger partial charge in [0.25, 0.3) is 0 Å². The number of nitrogens with zero attached hydrogens (tertiary/aromatic N) is 4. The van der Waals surface area contributed by atoms with Crippen LogP contribution >= 0.6 is 0 Å². The van der Waals surface area contributed by atoms with Gasteiger partial charge in [-0.3, -0.25) is 14.8 Å². The Bertz CT molecular complexity index is 1170. The lowest BCUT2D eigenvalue weighted by atomic mass is 9.96. The van der Waals surface area contributed by atoms with Gasteiger partial charge in [0.15, 0.2) is 0 Å². The zero-order chi connectivity index (χ0) is 23.7. The second kappa shape index (κ2) is 9.09. The highest BCUT2D eigenvalue weighted by Gasteiger charge is 2.31. The van der Waals surface area contributed by atoms with Gasteiger partial charge in [0, 0.05) is 56.6 Å². The van der Waals surface area contributed by atoms with E-state index in [9.17, 15) is 18.0 Å². The van der Waals surface area contributed by atoms with Crippen LogP contribution in [0.4, 0.5) is 19.0 Å². The van der Waals surface area contributed by atoms with E-state index in [1.165, 1.54) is 6.07 Å². The summed E-state index contributed by atoms with van der Waals surface area (Å²) in [6.07, 6.45) is -0.344. The lowest BCUT2D eigenvalue weighted by Crippen LogP contribution is -2.31. The highest BCUT2D eigenvalue weighted by Crippen LogP contribution is 2.30. The van der Waals surface area contributed by atoms with E-state index in [2.05, 4.69) is 31.5 Å². The second-order valence-electron chi connectivity index (χ2n) is 8.73. The first-order valence-corrected chi connectivity index (χ1v) is 11.3. The Kier molecular flexibility index (Phi) is 5.99. The standard InChI is InChI=1S/C24H25F3N6O/c25-24(26,27)20-4-5-21(28-14-20)33-7-1-6-32(8-9-33)15-19-13-30-31-23(19)17-3-2-16-11-22(34)29-12-18(16)10-17/h2-5,10,13-14H,1,6-9,11-12,15H2,(H,29,34)(H,30,31). The van der Waals surface area contributed by atoms with Crippen LogP contribution in [0.15, 0.2) is 42.7 Å². The molecule has 0 unspecified atom stereocenters. The number of carbonyl (C=O) groups is 1. The lowest BCUT2D eigenvalue weighted by Gasteiger charge is -2.23. The van der Waals surface area contributed by atoms with E-state index in [4.69, 9.17) is 0 Å². The van der Waals surface area contributed by atoms with Gasteiger partial charge < -0.3 is 10.2 Å². The molecular weight excluding hydrogens is 445 g/mol. The normalized spacial score (nSPS) is 17.3.